The maximum Gasteiger partial charge on any atom is 0.412 e. The van der Waals surface area contributed by atoms with Crippen molar-refractivity contribution < 1.29 is 14.3 Å². The average Bonchev–Trinajstić information content (AvgIpc) is 2.70. The Bertz CT molecular complexity index is 691. The second-order valence-electron chi connectivity index (χ2n) is 8.93. The summed E-state index contributed by atoms with van der Waals surface area (Å²) in [5.74, 6) is -0.0873. The van der Waals surface area contributed by atoms with Gasteiger partial charge in [0.05, 0.1) is 0 Å². The van der Waals surface area contributed by atoms with Gasteiger partial charge >= 0.3 is 6.09 Å². The Hall–Kier alpha value is -1.75. The number of benzene rings is 1. The summed E-state index contributed by atoms with van der Waals surface area (Å²) in [5.41, 5.74) is -0.0401. The fraction of sp³-hybridized carbons (Fsp3) is 0.600. The van der Waals surface area contributed by atoms with E-state index >= 15 is 0 Å². The summed E-state index contributed by atoms with van der Waals surface area (Å²) in [6, 6.07) is 6.76. The number of ether oxygens (including phenoxy) is 1. The maximum atomic E-state index is 13.0. The molecule has 1 aromatic rings. The molecule has 1 heterocycles. The van der Waals surface area contributed by atoms with E-state index in [0.717, 1.165) is 5.56 Å². The van der Waals surface area contributed by atoms with Crippen molar-refractivity contribution >= 4 is 23.6 Å². The van der Waals surface area contributed by atoms with Gasteiger partial charge in [0.25, 0.3) is 0 Å². The highest BCUT2D eigenvalue weighted by molar-refractivity contribution is 6.30. The molecule has 0 aliphatic carbocycles. The van der Waals surface area contributed by atoms with Crippen LogP contribution in [0, 0.1) is 5.41 Å². The maximum absolute atomic E-state index is 13.0. The average molecular weight is 381 g/mol. The van der Waals surface area contributed by atoms with Gasteiger partial charge in [-0.05, 0) is 38.5 Å². The molecule has 1 saturated heterocycles. The summed E-state index contributed by atoms with van der Waals surface area (Å²) in [7, 11) is 1.74. The minimum absolute atomic E-state index is 0.0873. The van der Waals surface area contributed by atoms with Crippen LogP contribution in [0.4, 0.5) is 4.79 Å². The molecule has 6 heteroatoms. The topological polar surface area (TPSA) is 49.9 Å². The summed E-state index contributed by atoms with van der Waals surface area (Å²) in [5, 5.41) is 0.609. The molecule has 0 bridgehead atoms. The van der Waals surface area contributed by atoms with E-state index in [9.17, 15) is 9.59 Å². The minimum Gasteiger partial charge on any atom is -0.444 e. The molecule has 5 nitrogen and oxygen atoms in total. The van der Waals surface area contributed by atoms with Crippen LogP contribution in [0.5, 0.6) is 0 Å². The molecular formula is C20H29ClN2O3. The highest BCUT2D eigenvalue weighted by Crippen LogP contribution is 2.36. The van der Waals surface area contributed by atoms with Gasteiger partial charge in [-0.25, -0.2) is 4.79 Å². The van der Waals surface area contributed by atoms with E-state index < -0.39 is 17.7 Å². The molecule has 0 aromatic heterocycles. The first-order valence-electron chi connectivity index (χ1n) is 8.84. The van der Waals surface area contributed by atoms with E-state index in [-0.39, 0.29) is 17.5 Å². The van der Waals surface area contributed by atoms with Crippen molar-refractivity contribution in [1.82, 2.24) is 9.80 Å². The van der Waals surface area contributed by atoms with E-state index in [4.69, 9.17) is 16.3 Å². The lowest BCUT2D eigenvalue weighted by atomic mass is 9.91. The van der Waals surface area contributed by atoms with Gasteiger partial charge in [0.15, 0.2) is 0 Å². The molecule has 2 atom stereocenters. The zero-order valence-corrected chi connectivity index (χ0v) is 17.4. The highest BCUT2D eigenvalue weighted by atomic mass is 35.5. The predicted octanol–water partition coefficient (Wildman–Crippen LogP) is 4.33. The Kier molecular flexibility index (Phi) is 5.62. The van der Waals surface area contributed by atoms with Crippen LogP contribution < -0.4 is 0 Å². The first kappa shape index (κ1) is 20.6. The van der Waals surface area contributed by atoms with Crippen molar-refractivity contribution in [1.29, 1.82) is 0 Å². The lowest BCUT2D eigenvalue weighted by Crippen LogP contribution is -2.52. The van der Waals surface area contributed by atoms with Crippen molar-refractivity contribution in [2.24, 2.45) is 5.41 Å². The molecule has 0 spiro atoms. The third-order valence-corrected chi connectivity index (χ3v) is 4.53. The van der Waals surface area contributed by atoms with Crippen LogP contribution in [0.1, 0.15) is 47.1 Å². The Labute approximate surface area is 161 Å². The molecule has 1 fully saturated rings. The number of likely N-dealkylation sites (N-methyl/N-ethyl adjacent to an activating group) is 1. The summed E-state index contributed by atoms with van der Waals surface area (Å²) < 4.78 is 5.62. The van der Waals surface area contributed by atoms with Crippen LogP contribution >= 0.6 is 11.6 Å². The van der Waals surface area contributed by atoms with Crippen molar-refractivity contribution in [3.05, 3.63) is 34.9 Å². The molecule has 1 aromatic carbocycles. The van der Waals surface area contributed by atoms with E-state index in [2.05, 4.69) is 0 Å². The Balaban J connectivity index is 2.41. The highest BCUT2D eigenvalue weighted by Gasteiger charge is 2.52. The smallest absolute Gasteiger partial charge is 0.412 e. The molecule has 0 N–H and O–H groups in total. The molecule has 2 amide bonds. The number of carbonyl (C=O) groups is 2. The molecule has 1 aliphatic rings. The number of amides is 2. The Morgan fingerprint density at radius 2 is 1.81 bits per heavy atom. The van der Waals surface area contributed by atoms with Gasteiger partial charge in [-0.1, -0.05) is 44.5 Å². The van der Waals surface area contributed by atoms with Crippen molar-refractivity contribution in [2.75, 3.05) is 7.05 Å². The number of nitrogens with zero attached hydrogens (tertiary/aromatic N) is 2. The van der Waals surface area contributed by atoms with Crippen LogP contribution in [0.3, 0.4) is 0 Å². The van der Waals surface area contributed by atoms with Gasteiger partial charge in [-0.3, -0.25) is 9.69 Å². The minimum atomic E-state index is -0.635. The predicted molar refractivity (Wildman–Crippen MR) is 103 cm³/mol. The normalized spacial score (nSPS) is 21.3. The first-order valence-corrected chi connectivity index (χ1v) is 9.21. The third kappa shape index (κ3) is 4.50. The monoisotopic (exact) mass is 380 g/mol. The van der Waals surface area contributed by atoms with E-state index in [1.54, 1.807) is 22.9 Å². The van der Waals surface area contributed by atoms with Gasteiger partial charge in [0.1, 0.15) is 17.8 Å². The van der Waals surface area contributed by atoms with Gasteiger partial charge in [0, 0.05) is 23.9 Å². The SMILES string of the molecule is CN1C(=O)[C@H](Cc2cccc(Cl)c2)N(C(=O)OC(C)(C)C)[C@H]1C(C)(C)C. The summed E-state index contributed by atoms with van der Waals surface area (Å²) in [4.78, 5) is 29.2. The molecule has 0 unspecified atom stereocenters. The molecule has 144 valence electrons. The second-order valence-corrected chi connectivity index (χ2v) is 9.36. The van der Waals surface area contributed by atoms with Crippen LogP contribution in [0.25, 0.3) is 0 Å². The summed E-state index contributed by atoms with van der Waals surface area (Å²) in [6.07, 6.45) is -0.452. The zero-order chi connectivity index (χ0) is 19.9. The van der Waals surface area contributed by atoms with Gasteiger partial charge < -0.3 is 9.64 Å². The Morgan fingerprint density at radius 1 is 1.19 bits per heavy atom. The molecule has 1 aliphatic heterocycles. The van der Waals surface area contributed by atoms with Gasteiger partial charge in [-0.15, -0.1) is 0 Å². The van der Waals surface area contributed by atoms with Crippen LogP contribution in [0.2, 0.25) is 5.02 Å². The molecular weight excluding hydrogens is 352 g/mol. The van der Waals surface area contributed by atoms with Gasteiger partial charge in [-0.2, -0.15) is 0 Å². The number of carbonyl (C=O) groups excluding carboxylic acids is 2. The van der Waals surface area contributed by atoms with Crippen molar-refractivity contribution in [3.63, 3.8) is 0 Å². The fourth-order valence-electron chi connectivity index (χ4n) is 3.44. The third-order valence-electron chi connectivity index (χ3n) is 4.30. The van der Waals surface area contributed by atoms with Crippen LogP contribution in [-0.2, 0) is 16.0 Å². The lowest BCUT2D eigenvalue weighted by Gasteiger charge is -2.39. The Morgan fingerprint density at radius 3 is 2.31 bits per heavy atom. The van der Waals surface area contributed by atoms with Gasteiger partial charge in [0.2, 0.25) is 5.91 Å². The van der Waals surface area contributed by atoms with Crippen molar-refractivity contribution in [2.45, 2.75) is 65.8 Å². The largest absolute Gasteiger partial charge is 0.444 e. The number of rotatable bonds is 2. The first-order chi connectivity index (χ1) is 11.8. The van der Waals surface area contributed by atoms with Crippen molar-refractivity contribution in [3.8, 4) is 0 Å². The fourth-order valence-corrected chi connectivity index (χ4v) is 3.66. The van der Waals surface area contributed by atoms with Crippen LogP contribution in [-0.4, -0.2) is 46.7 Å². The quantitative estimate of drug-likeness (QED) is 0.767. The molecule has 2 rings (SSSR count). The summed E-state index contributed by atoms with van der Waals surface area (Å²) in [6.45, 7) is 11.5. The summed E-state index contributed by atoms with van der Waals surface area (Å²) >= 11 is 6.08. The van der Waals surface area contributed by atoms with E-state index in [1.807, 2.05) is 59.7 Å². The standard InChI is InChI=1S/C20H29ClN2O3/c1-19(2,3)17-22(7)16(24)15(12-13-9-8-10-14(21)11-13)23(17)18(25)26-20(4,5)6/h8-11,15,17H,12H2,1-7H3/t15-,17-/m0/s1. The molecule has 26 heavy (non-hydrogen) atoms. The molecule has 0 radical (unpaired) electrons. The number of hydrogen-bond donors (Lipinski definition) is 0. The van der Waals surface area contributed by atoms with E-state index in [0.29, 0.717) is 11.4 Å². The van der Waals surface area contributed by atoms with Crippen LogP contribution in [0.15, 0.2) is 24.3 Å². The number of hydrogen-bond acceptors (Lipinski definition) is 3. The second kappa shape index (κ2) is 7.10. The lowest BCUT2D eigenvalue weighted by molar-refractivity contribution is -0.129. The van der Waals surface area contributed by atoms with E-state index in [1.165, 1.54) is 0 Å². The number of halogens is 1. The zero-order valence-electron chi connectivity index (χ0n) is 16.7. The molecule has 0 saturated carbocycles.